The quantitative estimate of drug-likeness (QED) is 0.391. The van der Waals surface area contributed by atoms with Gasteiger partial charge in [0, 0.05) is 82.6 Å². The van der Waals surface area contributed by atoms with E-state index in [0.29, 0.717) is 31.4 Å². The van der Waals surface area contributed by atoms with Gasteiger partial charge in [-0.3, -0.25) is 9.69 Å². The minimum atomic E-state index is -0.286. The first-order valence-electron chi connectivity index (χ1n) is 19.1. The smallest absolute Gasteiger partial charge is 0.409 e. The molecule has 51 heavy (non-hydrogen) atoms. The molecule has 0 aliphatic carbocycles. The van der Waals surface area contributed by atoms with E-state index in [0.717, 1.165) is 74.0 Å². The summed E-state index contributed by atoms with van der Waals surface area (Å²) in [6.45, 7) is 17.8. The Hall–Kier alpha value is -3.83. The van der Waals surface area contributed by atoms with Gasteiger partial charge in [-0.05, 0) is 93.7 Å². The number of carbonyl (C=O) groups excluding carboxylic acids is 3. The van der Waals surface area contributed by atoms with Crippen LogP contribution >= 0.6 is 0 Å². The van der Waals surface area contributed by atoms with Crippen LogP contribution in [-0.4, -0.2) is 132 Å². The maximum Gasteiger partial charge on any atom is 0.409 e. The number of hydrogen-bond donors (Lipinski definition) is 2. The fraction of sp³-hybridized carbons (Fsp3) is 0.625. The van der Waals surface area contributed by atoms with Gasteiger partial charge in [-0.1, -0.05) is 44.2 Å². The average Bonchev–Trinajstić information content (AvgIpc) is 3.32. The van der Waals surface area contributed by atoms with Crippen molar-refractivity contribution >= 4 is 23.7 Å². The number of piperidine rings is 2. The van der Waals surface area contributed by atoms with Crippen molar-refractivity contribution < 1.29 is 24.2 Å². The summed E-state index contributed by atoms with van der Waals surface area (Å²) in [7, 11) is 1.40. The van der Waals surface area contributed by atoms with Crippen LogP contribution in [0.2, 0.25) is 0 Å². The molecule has 6 rings (SSSR count). The number of hydrogen-bond acceptors (Lipinski definition) is 7. The zero-order valence-electron chi connectivity index (χ0n) is 31.5. The number of piperazine rings is 1. The van der Waals surface area contributed by atoms with Gasteiger partial charge in [0.15, 0.2) is 0 Å². The van der Waals surface area contributed by atoms with Crippen LogP contribution in [0.1, 0.15) is 68.2 Å². The summed E-state index contributed by atoms with van der Waals surface area (Å²) < 4.78 is 4.75. The Balaban J connectivity index is 0.000000205. The van der Waals surface area contributed by atoms with Gasteiger partial charge in [-0.15, -0.1) is 0 Å². The van der Waals surface area contributed by atoms with Gasteiger partial charge in [-0.25, -0.2) is 9.59 Å². The lowest BCUT2D eigenvalue weighted by Crippen LogP contribution is -2.54. The molecule has 0 bridgehead atoms. The minimum Gasteiger partial charge on any atom is -0.507 e. The number of amides is 4. The van der Waals surface area contributed by atoms with Crippen LogP contribution in [0.5, 0.6) is 5.75 Å². The summed E-state index contributed by atoms with van der Waals surface area (Å²) in [6.07, 6.45) is 6.32. The average molecular weight is 705 g/mol. The van der Waals surface area contributed by atoms with E-state index < -0.39 is 0 Å². The van der Waals surface area contributed by atoms with Crippen molar-refractivity contribution in [3.8, 4) is 5.75 Å². The maximum absolute atomic E-state index is 13.0. The van der Waals surface area contributed by atoms with E-state index >= 15 is 0 Å². The zero-order chi connectivity index (χ0) is 36.5. The third kappa shape index (κ3) is 9.95. The van der Waals surface area contributed by atoms with E-state index in [9.17, 15) is 19.5 Å². The second-order valence-corrected chi connectivity index (χ2v) is 14.8. The molecule has 2 N–H and O–H groups in total. The van der Waals surface area contributed by atoms with Crippen LogP contribution in [0.15, 0.2) is 36.4 Å². The van der Waals surface area contributed by atoms with Gasteiger partial charge >= 0.3 is 12.1 Å². The van der Waals surface area contributed by atoms with Crippen molar-refractivity contribution in [1.29, 1.82) is 0 Å². The summed E-state index contributed by atoms with van der Waals surface area (Å²) in [5, 5.41) is 13.0. The maximum atomic E-state index is 13.0. The third-order valence-corrected chi connectivity index (χ3v) is 11.2. The predicted molar refractivity (Wildman–Crippen MR) is 201 cm³/mol. The van der Waals surface area contributed by atoms with E-state index in [2.05, 4.69) is 33.0 Å². The number of rotatable bonds is 7. The monoisotopic (exact) mass is 704 g/mol. The standard InChI is InChI=1S/C24H39N3O2.C16H21N3O3/c1-5-8-25-11-13-26(14-12-25)22-6-9-27(10-7-22)24(29)20(4)17-21-15-18(2)23(28)19(3)16-21;1-22-16(21)18-9-7-13(8-10-18)19-11-6-12-4-2-3-5-14(12)17-15(19)20/h15-16,20,22,28H,5-14,17H2,1-4H3;2-5,13H,6-11H2,1H3,(H,17,20)/t20-;/m1./s1. The summed E-state index contributed by atoms with van der Waals surface area (Å²) in [5.41, 5.74) is 4.99. The SMILES string of the molecule is CCCN1CCN(C2CCN(C(=O)[C@H](C)Cc3cc(C)c(O)c(C)c3)CC2)CC1.COC(=O)N1CCC(N2CCc3ccccc3NC2=O)CC1. The van der Waals surface area contributed by atoms with Crippen molar-refractivity contribution in [2.24, 2.45) is 5.92 Å². The molecule has 280 valence electrons. The number of aromatic hydroxyl groups is 1. The number of benzene rings is 2. The molecule has 4 aliphatic heterocycles. The van der Waals surface area contributed by atoms with Crippen molar-refractivity contribution in [1.82, 2.24) is 24.5 Å². The highest BCUT2D eigenvalue weighted by atomic mass is 16.5. The van der Waals surface area contributed by atoms with Crippen LogP contribution in [-0.2, 0) is 22.4 Å². The third-order valence-electron chi connectivity index (χ3n) is 11.2. The number of carbonyl (C=O) groups is 3. The highest BCUT2D eigenvalue weighted by Crippen LogP contribution is 2.27. The highest BCUT2D eigenvalue weighted by molar-refractivity contribution is 5.91. The van der Waals surface area contributed by atoms with E-state index in [1.807, 2.05) is 56.0 Å². The number of fused-ring (bicyclic) bond motifs is 1. The molecule has 3 fully saturated rings. The van der Waals surface area contributed by atoms with Gasteiger partial charge in [0.25, 0.3) is 0 Å². The van der Waals surface area contributed by atoms with Gasteiger partial charge in [0.1, 0.15) is 5.75 Å². The predicted octanol–water partition coefficient (Wildman–Crippen LogP) is 5.51. The number of anilines is 1. The molecule has 3 saturated heterocycles. The number of urea groups is 1. The Morgan fingerprint density at radius 2 is 1.49 bits per heavy atom. The molecule has 1 atom stereocenters. The summed E-state index contributed by atoms with van der Waals surface area (Å²) in [5.74, 6) is 0.623. The fourth-order valence-electron chi connectivity index (χ4n) is 8.26. The molecule has 4 aliphatic rings. The molecule has 4 heterocycles. The molecule has 11 nitrogen and oxygen atoms in total. The molecule has 0 radical (unpaired) electrons. The molecule has 4 amide bonds. The number of para-hydroxylation sites is 1. The number of likely N-dealkylation sites (tertiary alicyclic amines) is 2. The lowest BCUT2D eigenvalue weighted by atomic mass is 9.95. The molecule has 0 saturated carbocycles. The fourth-order valence-corrected chi connectivity index (χ4v) is 8.26. The Labute approximate surface area is 304 Å². The van der Waals surface area contributed by atoms with Gasteiger partial charge in [-0.2, -0.15) is 0 Å². The topological polar surface area (TPSA) is 109 Å². The number of phenols is 1. The molecule has 11 heteroatoms. The van der Waals surface area contributed by atoms with Crippen molar-refractivity contribution in [2.45, 2.75) is 84.7 Å². The van der Waals surface area contributed by atoms with E-state index in [1.54, 1.807) is 4.90 Å². The van der Waals surface area contributed by atoms with Crippen LogP contribution in [0, 0.1) is 19.8 Å². The molecule has 2 aromatic rings. The van der Waals surface area contributed by atoms with Crippen molar-refractivity contribution in [2.75, 3.05) is 77.9 Å². The summed E-state index contributed by atoms with van der Waals surface area (Å²) in [6, 6.07) is 12.7. The Morgan fingerprint density at radius 1 is 0.882 bits per heavy atom. The van der Waals surface area contributed by atoms with Gasteiger partial charge < -0.3 is 34.8 Å². The molecular weight excluding hydrogens is 644 g/mol. The molecule has 0 aromatic heterocycles. The minimum absolute atomic E-state index is 0.0209. The molecular formula is C40H60N6O5. The number of phenolic OH excluding ortho intramolecular Hbond substituents is 1. The summed E-state index contributed by atoms with van der Waals surface area (Å²) >= 11 is 0. The number of nitrogens with zero attached hydrogens (tertiary/aromatic N) is 5. The summed E-state index contributed by atoms with van der Waals surface area (Å²) in [4.78, 5) is 47.9. The van der Waals surface area contributed by atoms with Gasteiger partial charge in [0.2, 0.25) is 5.91 Å². The Kier molecular flexibility index (Phi) is 13.6. The first-order chi connectivity index (χ1) is 24.6. The highest BCUT2D eigenvalue weighted by Gasteiger charge is 2.32. The van der Waals surface area contributed by atoms with Crippen LogP contribution in [0.4, 0.5) is 15.3 Å². The number of nitrogens with one attached hydrogen (secondary N) is 1. The lowest BCUT2D eigenvalue weighted by Gasteiger charge is -2.43. The van der Waals surface area contributed by atoms with E-state index in [1.165, 1.54) is 51.8 Å². The van der Waals surface area contributed by atoms with Crippen molar-refractivity contribution in [3.05, 3.63) is 58.7 Å². The van der Waals surface area contributed by atoms with Gasteiger partial charge in [0.05, 0.1) is 7.11 Å². The molecule has 2 aromatic carbocycles. The molecule has 0 unspecified atom stereocenters. The Morgan fingerprint density at radius 3 is 2.12 bits per heavy atom. The molecule has 0 spiro atoms. The zero-order valence-corrected chi connectivity index (χ0v) is 31.5. The van der Waals surface area contributed by atoms with Crippen LogP contribution in [0.3, 0.4) is 0 Å². The second kappa shape index (κ2) is 18.1. The van der Waals surface area contributed by atoms with Crippen LogP contribution < -0.4 is 5.32 Å². The van der Waals surface area contributed by atoms with E-state index in [4.69, 9.17) is 4.74 Å². The number of ether oxygens (including phenoxy) is 1. The Bertz CT molecular complexity index is 1450. The normalized spacial score (nSPS) is 20.1. The largest absolute Gasteiger partial charge is 0.507 e. The van der Waals surface area contributed by atoms with E-state index in [-0.39, 0.29) is 30.0 Å². The first kappa shape index (κ1) is 38.4. The second-order valence-electron chi connectivity index (χ2n) is 14.8. The van der Waals surface area contributed by atoms with Crippen LogP contribution in [0.25, 0.3) is 0 Å². The van der Waals surface area contributed by atoms with Crippen molar-refractivity contribution in [3.63, 3.8) is 0 Å². The lowest BCUT2D eigenvalue weighted by molar-refractivity contribution is -0.136. The number of aryl methyl sites for hydroxylation is 2. The number of methoxy groups -OCH3 is 1. The first-order valence-corrected chi connectivity index (χ1v) is 19.1.